The van der Waals surface area contributed by atoms with Crippen LogP contribution in [-0.4, -0.2) is 34.4 Å². The van der Waals surface area contributed by atoms with Gasteiger partial charge >= 0.3 is 0 Å². The zero-order valence-electron chi connectivity index (χ0n) is 9.73. The van der Waals surface area contributed by atoms with Crippen LogP contribution in [-0.2, 0) is 4.79 Å². The molecule has 0 aromatic rings. The second-order valence-electron chi connectivity index (χ2n) is 5.50. The van der Waals surface area contributed by atoms with Gasteiger partial charge in [0, 0.05) is 19.8 Å². The summed E-state index contributed by atoms with van der Waals surface area (Å²) >= 11 is 0. The van der Waals surface area contributed by atoms with E-state index in [1.807, 2.05) is 12.1 Å². The summed E-state index contributed by atoms with van der Waals surface area (Å²) in [6.07, 6.45) is 3.90. The minimum atomic E-state index is 0.309. The monoisotopic (exact) mass is 207 g/mol. The Kier molecular flexibility index (Phi) is 1.77. The van der Waals surface area contributed by atoms with Crippen LogP contribution in [0.25, 0.3) is 0 Å². The average molecular weight is 207 g/mol. The van der Waals surface area contributed by atoms with E-state index in [4.69, 9.17) is 0 Å². The fraction of sp³-hybridized carbons (Fsp3) is 0.833. The number of hydrogen-bond acceptors (Lipinski definition) is 1. The van der Waals surface area contributed by atoms with Gasteiger partial charge in [0.15, 0.2) is 11.8 Å². The molecule has 2 bridgehead atoms. The first-order valence-electron chi connectivity index (χ1n) is 5.98. The van der Waals surface area contributed by atoms with Gasteiger partial charge in [-0.3, -0.25) is 4.79 Å². The first-order valence-corrected chi connectivity index (χ1v) is 5.98. The molecular formula is C12H19N2O+. The number of hydrazine groups is 1. The fourth-order valence-corrected chi connectivity index (χ4v) is 4.08. The molecule has 0 unspecified atom stereocenters. The van der Waals surface area contributed by atoms with Crippen molar-refractivity contribution in [3.05, 3.63) is 0 Å². The number of hydrazone groups is 1. The lowest BCUT2D eigenvalue weighted by atomic mass is 9.85. The maximum absolute atomic E-state index is 12.2. The van der Waals surface area contributed by atoms with Gasteiger partial charge in [-0.1, -0.05) is 0 Å². The lowest BCUT2D eigenvalue weighted by molar-refractivity contribution is -0.685. The largest absolute Gasteiger partial charge is 0.287 e. The van der Waals surface area contributed by atoms with Crippen LogP contribution in [0.1, 0.15) is 33.1 Å². The van der Waals surface area contributed by atoms with Gasteiger partial charge in [-0.25, -0.2) is 0 Å². The van der Waals surface area contributed by atoms with E-state index in [1.54, 1.807) is 0 Å². The Morgan fingerprint density at radius 3 is 2.67 bits per heavy atom. The zero-order chi connectivity index (χ0) is 10.7. The SMILES string of the molecule is CC(C)=[N+]1[C@@H]2[C@H]3CC[C@H](C3)[C@@H]2C(=O)N1C. The van der Waals surface area contributed by atoms with E-state index >= 15 is 0 Å². The number of nitrogens with zero attached hydrogens (tertiary/aromatic N) is 2. The highest BCUT2D eigenvalue weighted by Crippen LogP contribution is 2.52. The lowest BCUT2D eigenvalue weighted by Gasteiger charge is -2.17. The van der Waals surface area contributed by atoms with Gasteiger partial charge in [0.25, 0.3) is 5.91 Å². The molecule has 0 spiro atoms. The smallest absolute Gasteiger partial charge is 0.268 e. The molecule has 3 fully saturated rings. The quantitative estimate of drug-likeness (QED) is 0.549. The topological polar surface area (TPSA) is 23.3 Å². The second-order valence-corrected chi connectivity index (χ2v) is 5.50. The van der Waals surface area contributed by atoms with Crippen molar-refractivity contribution in [2.24, 2.45) is 17.8 Å². The van der Waals surface area contributed by atoms with Crippen molar-refractivity contribution in [2.45, 2.75) is 39.2 Å². The Morgan fingerprint density at radius 1 is 1.33 bits per heavy atom. The number of carbonyl (C=O) groups is 1. The average Bonchev–Trinajstić information content (AvgIpc) is 2.80. The second kappa shape index (κ2) is 2.83. The summed E-state index contributed by atoms with van der Waals surface area (Å²) in [4.78, 5) is 12.2. The van der Waals surface area contributed by atoms with E-state index in [9.17, 15) is 4.79 Å². The minimum Gasteiger partial charge on any atom is -0.268 e. The van der Waals surface area contributed by atoms with Crippen molar-refractivity contribution in [1.29, 1.82) is 0 Å². The summed E-state index contributed by atoms with van der Waals surface area (Å²) in [6, 6.07) is 0.492. The van der Waals surface area contributed by atoms with Crippen LogP contribution < -0.4 is 0 Å². The van der Waals surface area contributed by atoms with Gasteiger partial charge in [0.05, 0.1) is 7.05 Å². The van der Waals surface area contributed by atoms with Crippen LogP contribution in [0.3, 0.4) is 0 Å². The maximum atomic E-state index is 12.2. The molecule has 3 aliphatic rings. The third-order valence-electron chi connectivity index (χ3n) is 4.54. The Bertz CT molecular complexity index is 357. The molecule has 2 saturated carbocycles. The number of hydrogen-bond donors (Lipinski definition) is 0. The van der Waals surface area contributed by atoms with Crippen molar-refractivity contribution < 1.29 is 9.48 Å². The van der Waals surface area contributed by atoms with Crippen LogP contribution in [0, 0.1) is 17.8 Å². The molecule has 3 heteroatoms. The van der Waals surface area contributed by atoms with Gasteiger partial charge in [-0.05, 0) is 25.2 Å². The molecule has 82 valence electrons. The zero-order valence-corrected chi connectivity index (χ0v) is 9.73. The number of fused-ring (bicyclic) bond motifs is 5. The highest BCUT2D eigenvalue weighted by Gasteiger charge is 2.63. The van der Waals surface area contributed by atoms with Crippen molar-refractivity contribution >= 4 is 11.6 Å². The minimum absolute atomic E-state index is 0.309. The third kappa shape index (κ3) is 1.01. The fourth-order valence-electron chi connectivity index (χ4n) is 4.08. The molecule has 3 nitrogen and oxygen atoms in total. The van der Waals surface area contributed by atoms with Gasteiger partial charge in [0.2, 0.25) is 0 Å². The molecule has 4 atom stereocenters. The number of carbonyl (C=O) groups excluding carboxylic acids is 1. The molecule has 3 rings (SSSR count). The van der Waals surface area contributed by atoms with Crippen LogP contribution >= 0.6 is 0 Å². The van der Waals surface area contributed by atoms with E-state index in [0.717, 1.165) is 5.92 Å². The first kappa shape index (κ1) is 9.37. The van der Waals surface area contributed by atoms with Gasteiger partial charge in [-0.2, -0.15) is 0 Å². The van der Waals surface area contributed by atoms with Gasteiger partial charge in [-0.15, -0.1) is 9.69 Å². The van der Waals surface area contributed by atoms with Crippen LogP contribution in [0.4, 0.5) is 0 Å². The molecule has 1 heterocycles. The molecule has 0 aromatic heterocycles. The van der Waals surface area contributed by atoms with Gasteiger partial charge in [0.1, 0.15) is 5.92 Å². The van der Waals surface area contributed by atoms with Crippen LogP contribution in [0.15, 0.2) is 0 Å². The summed E-state index contributed by atoms with van der Waals surface area (Å²) < 4.78 is 2.25. The summed E-state index contributed by atoms with van der Waals surface area (Å²) in [5.74, 6) is 2.11. The molecule has 0 radical (unpaired) electrons. The Labute approximate surface area is 90.7 Å². The summed E-state index contributed by atoms with van der Waals surface area (Å²) in [5, 5.41) is 1.86. The van der Waals surface area contributed by atoms with Crippen molar-refractivity contribution in [1.82, 2.24) is 5.01 Å². The van der Waals surface area contributed by atoms with E-state index < -0.39 is 0 Å². The van der Waals surface area contributed by atoms with Gasteiger partial charge < -0.3 is 0 Å². The highest BCUT2D eigenvalue weighted by molar-refractivity contribution is 5.83. The van der Waals surface area contributed by atoms with Crippen molar-refractivity contribution in [2.75, 3.05) is 7.05 Å². The van der Waals surface area contributed by atoms with E-state index in [-0.39, 0.29) is 0 Å². The lowest BCUT2D eigenvalue weighted by Crippen LogP contribution is -2.37. The van der Waals surface area contributed by atoms with Crippen molar-refractivity contribution in [3.8, 4) is 0 Å². The predicted octanol–water partition coefficient (Wildman–Crippen LogP) is 1.28. The standard InChI is InChI=1S/C12H19N2O/c1-7(2)14-11-9-5-4-8(6-9)10(11)12(15)13(14)3/h8-11H,4-6H2,1-3H3/q+1/t8-,9+,10+,11-/m1/s1. The molecule has 1 aliphatic heterocycles. The van der Waals surface area contributed by atoms with E-state index in [1.165, 1.54) is 25.0 Å². The summed E-state index contributed by atoms with van der Waals surface area (Å²) in [7, 11) is 1.92. The highest BCUT2D eigenvalue weighted by atomic mass is 16.2. The Hall–Kier alpha value is -0.860. The molecule has 0 aromatic carbocycles. The Morgan fingerprint density at radius 2 is 2.00 bits per heavy atom. The number of rotatable bonds is 0. The molecule has 1 saturated heterocycles. The summed E-state index contributed by atoms with van der Waals surface area (Å²) in [6.45, 7) is 4.22. The third-order valence-corrected chi connectivity index (χ3v) is 4.54. The molecule has 0 N–H and O–H groups in total. The molecule has 15 heavy (non-hydrogen) atoms. The Balaban J connectivity index is 2.08. The van der Waals surface area contributed by atoms with Crippen molar-refractivity contribution in [3.63, 3.8) is 0 Å². The first-order chi connectivity index (χ1) is 7.11. The van der Waals surface area contributed by atoms with E-state index in [2.05, 4.69) is 18.5 Å². The molecule has 2 aliphatic carbocycles. The van der Waals surface area contributed by atoms with Crippen LogP contribution in [0.5, 0.6) is 0 Å². The van der Waals surface area contributed by atoms with E-state index in [0.29, 0.717) is 23.8 Å². The summed E-state index contributed by atoms with van der Waals surface area (Å²) in [5.41, 5.74) is 1.26. The van der Waals surface area contributed by atoms with Crippen LogP contribution in [0.2, 0.25) is 0 Å². The maximum Gasteiger partial charge on any atom is 0.287 e. The predicted molar refractivity (Wildman–Crippen MR) is 57.5 cm³/mol. The normalized spacial score (nSPS) is 42.7. The molecule has 1 amide bonds. The number of amides is 1. The molecular weight excluding hydrogens is 188 g/mol.